The van der Waals surface area contributed by atoms with Crippen LogP contribution in [0.5, 0.6) is 17.2 Å². The fourth-order valence-corrected chi connectivity index (χ4v) is 3.31. The first-order chi connectivity index (χ1) is 10.8. The van der Waals surface area contributed by atoms with E-state index < -0.39 is 34.9 Å². The minimum Gasteiger partial charge on any atom is -0.507 e. The Morgan fingerprint density at radius 2 is 1.83 bits per heavy atom. The molecule has 1 aliphatic carbocycles. The second kappa shape index (κ2) is 5.21. The van der Waals surface area contributed by atoms with Crippen LogP contribution in [0, 0.1) is 11.8 Å². The number of rotatable bonds is 2. The van der Waals surface area contributed by atoms with Gasteiger partial charge in [0.05, 0.1) is 30.8 Å². The Kier molecular flexibility index (Phi) is 3.57. The molecule has 0 bridgehead atoms. The van der Waals surface area contributed by atoms with Crippen LogP contribution in [0.4, 0.5) is 0 Å². The molecule has 1 fully saturated rings. The Hall–Kier alpha value is -2.12. The number of hydrogen-bond donors (Lipinski definition) is 2. The van der Waals surface area contributed by atoms with Gasteiger partial charge in [-0.3, -0.25) is 9.59 Å². The van der Waals surface area contributed by atoms with Crippen LogP contribution in [0.25, 0.3) is 0 Å². The maximum absolute atomic E-state index is 12.9. The molecule has 124 valence electrons. The maximum Gasteiger partial charge on any atom is 0.173 e. The summed E-state index contributed by atoms with van der Waals surface area (Å²) in [6, 6.07) is 1.13. The van der Waals surface area contributed by atoms with E-state index in [4.69, 9.17) is 14.2 Å². The number of ether oxygens (including phenoxy) is 3. The van der Waals surface area contributed by atoms with Crippen molar-refractivity contribution in [3.63, 3.8) is 0 Å². The number of phenolic OH excluding ortho intramolecular Hbond substituents is 2. The zero-order valence-electron chi connectivity index (χ0n) is 13.1. The van der Waals surface area contributed by atoms with Gasteiger partial charge >= 0.3 is 0 Å². The third-order valence-electron chi connectivity index (χ3n) is 4.71. The van der Waals surface area contributed by atoms with Gasteiger partial charge < -0.3 is 24.4 Å². The van der Waals surface area contributed by atoms with Crippen molar-refractivity contribution >= 4 is 11.6 Å². The van der Waals surface area contributed by atoms with Crippen molar-refractivity contribution in [3.8, 4) is 17.2 Å². The number of benzene rings is 1. The summed E-state index contributed by atoms with van der Waals surface area (Å²) in [5.41, 5.74) is -0.354. The molecule has 0 spiro atoms. The number of Topliss-reactive ketones (excluding diaryl/α,β-unsaturated/α-hetero) is 2. The molecule has 1 aliphatic heterocycles. The summed E-state index contributed by atoms with van der Waals surface area (Å²) in [5, 5.41) is 20.3. The number of carbonyl (C=O) groups is 2. The van der Waals surface area contributed by atoms with Gasteiger partial charge in [0.2, 0.25) is 0 Å². The van der Waals surface area contributed by atoms with E-state index in [1.54, 1.807) is 6.92 Å². The first kappa shape index (κ1) is 15.8. The van der Waals surface area contributed by atoms with E-state index in [1.165, 1.54) is 14.2 Å². The van der Waals surface area contributed by atoms with Crippen LogP contribution in [0.2, 0.25) is 0 Å². The van der Waals surface area contributed by atoms with Crippen LogP contribution in [-0.4, -0.2) is 48.4 Å². The van der Waals surface area contributed by atoms with Gasteiger partial charge in [-0.15, -0.1) is 0 Å². The van der Waals surface area contributed by atoms with Gasteiger partial charge in [-0.05, 0) is 6.92 Å². The van der Waals surface area contributed by atoms with E-state index in [9.17, 15) is 19.8 Å². The minimum absolute atomic E-state index is 0.0191. The summed E-state index contributed by atoms with van der Waals surface area (Å²) in [6.45, 7) is 1.71. The van der Waals surface area contributed by atoms with Crippen molar-refractivity contribution in [2.45, 2.75) is 19.1 Å². The summed E-state index contributed by atoms with van der Waals surface area (Å²) in [6.07, 6.45) is 0.190. The highest BCUT2D eigenvalue weighted by Crippen LogP contribution is 2.48. The van der Waals surface area contributed by atoms with Crippen LogP contribution in [0.1, 0.15) is 34.1 Å². The average Bonchev–Trinajstić information content (AvgIpc) is 2.54. The van der Waals surface area contributed by atoms with Crippen molar-refractivity contribution in [3.05, 3.63) is 17.2 Å². The number of methoxy groups -OCH3 is 2. The molecular formula is C16H18O7. The molecule has 1 heterocycles. The quantitative estimate of drug-likeness (QED) is 0.795. The van der Waals surface area contributed by atoms with Crippen molar-refractivity contribution in [2.75, 3.05) is 20.8 Å². The summed E-state index contributed by atoms with van der Waals surface area (Å²) < 4.78 is 15.8. The molecule has 3 rings (SSSR count). The lowest BCUT2D eigenvalue weighted by molar-refractivity contribution is -0.244. The zero-order valence-corrected chi connectivity index (χ0v) is 13.1. The number of hydrogen-bond acceptors (Lipinski definition) is 7. The van der Waals surface area contributed by atoms with Gasteiger partial charge in [0.15, 0.2) is 28.9 Å². The Balaban J connectivity index is 2.15. The van der Waals surface area contributed by atoms with E-state index in [0.29, 0.717) is 0 Å². The van der Waals surface area contributed by atoms with E-state index >= 15 is 0 Å². The molecule has 1 aromatic carbocycles. The number of fused-ring (bicyclic) bond motifs is 2. The Labute approximate surface area is 132 Å². The Bertz CT molecular complexity index is 696. The van der Waals surface area contributed by atoms with E-state index in [1.807, 2.05) is 0 Å². The second-order valence-electron chi connectivity index (χ2n) is 5.99. The van der Waals surface area contributed by atoms with E-state index in [2.05, 4.69) is 0 Å². The Morgan fingerprint density at radius 1 is 1.17 bits per heavy atom. The molecule has 7 nitrogen and oxygen atoms in total. The summed E-state index contributed by atoms with van der Waals surface area (Å²) in [7, 11) is 2.77. The van der Waals surface area contributed by atoms with Gasteiger partial charge in [0, 0.05) is 25.5 Å². The van der Waals surface area contributed by atoms with Crippen LogP contribution in [0.15, 0.2) is 6.07 Å². The SMILES string of the molecule is COc1cc(O)c2c(c1O)C(=O)[C@@H]1C[C@@](C)(OC)OC[C@@H]1C2=O. The minimum atomic E-state index is -0.967. The smallest absolute Gasteiger partial charge is 0.173 e. The van der Waals surface area contributed by atoms with Gasteiger partial charge in [-0.2, -0.15) is 0 Å². The first-order valence-electron chi connectivity index (χ1n) is 7.23. The molecule has 0 aromatic heterocycles. The Morgan fingerprint density at radius 3 is 2.43 bits per heavy atom. The number of phenols is 2. The predicted molar refractivity (Wildman–Crippen MR) is 77.9 cm³/mol. The molecule has 3 atom stereocenters. The molecular weight excluding hydrogens is 304 g/mol. The standard InChI is InChI=1S/C16H18O7/c1-16(22-3)5-7-8(6-23-16)14(19)11-9(17)4-10(21-2)15(20)12(11)13(7)18/h4,7-8,17,20H,5-6H2,1-3H3/t7-,8+,16+/m1/s1. The third-order valence-corrected chi connectivity index (χ3v) is 4.71. The molecule has 1 saturated heterocycles. The topological polar surface area (TPSA) is 102 Å². The number of carbonyl (C=O) groups excluding carboxylic acids is 2. The lowest BCUT2D eigenvalue weighted by atomic mass is 9.70. The predicted octanol–water partition coefficient (Wildman–Crippen LogP) is 1.50. The van der Waals surface area contributed by atoms with Gasteiger partial charge in [-0.1, -0.05) is 0 Å². The van der Waals surface area contributed by atoms with Crippen LogP contribution in [0.3, 0.4) is 0 Å². The maximum atomic E-state index is 12.9. The lowest BCUT2D eigenvalue weighted by Gasteiger charge is -2.42. The van der Waals surface area contributed by atoms with Crippen LogP contribution < -0.4 is 4.74 Å². The van der Waals surface area contributed by atoms with Gasteiger partial charge in [0.1, 0.15) is 5.75 Å². The third kappa shape index (κ3) is 2.19. The molecule has 2 N–H and O–H groups in total. The first-order valence-corrected chi connectivity index (χ1v) is 7.23. The highest BCUT2D eigenvalue weighted by Gasteiger charge is 2.51. The van der Waals surface area contributed by atoms with Crippen molar-refractivity contribution in [1.29, 1.82) is 0 Å². The lowest BCUT2D eigenvalue weighted by Crippen LogP contribution is -2.50. The molecule has 1 aromatic rings. The van der Waals surface area contributed by atoms with Crippen LogP contribution >= 0.6 is 0 Å². The molecule has 0 amide bonds. The van der Waals surface area contributed by atoms with E-state index in [0.717, 1.165) is 6.07 Å². The molecule has 2 aliphatic rings. The summed E-state index contributed by atoms with van der Waals surface area (Å²) in [5.74, 6) is -4.04. The van der Waals surface area contributed by atoms with Gasteiger partial charge in [-0.25, -0.2) is 0 Å². The molecule has 0 radical (unpaired) electrons. The fourth-order valence-electron chi connectivity index (χ4n) is 3.31. The normalized spacial score (nSPS) is 29.9. The average molecular weight is 322 g/mol. The largest absolute Gasteiger partial charge is 0.507 e. The van der Waals surface area contributed by atoms with Crippen LogP contribution in [-0.2, 0) is 9.47 Å². The fraction of sp³-hybridized carbons (Fsp3) is 0.500. The molecule has 7 heteroatoms. The highest BCUT2D eigenvalue weighted by atomic mass is 16.7. The summed E-state index contributed by atoms with van der Waals surface area (Å²) >= 11 is 0. The zero-order chi connectivity index (χ0) is 16.9. The molecule has 0 saturated carbocycles. The van der Waals surface area contributed by atoms with Crippen molar-refractivity contribution in [1.82, 2.24) is 0 Å². The van der Waals surface area contributed by atoms with Crippen molar-refractivity contribution in [2.24, 2.45) is 11.8 Å². The molecule has 23 heavy (non-hydrogen) atoms. The van der Waals surface area contributed by atoms with E-state index in [-0.39, 0.29) is 35.7 Å². The second-order valence-corrected chi connectivity index (χ2v) is 5.99. The van der Waals surface area contributed by atoms with Gasteiger partial charge in [0.25, 0.3) is 0 Å². The monoisotopic (exact) mass is 322 g/mol. The summed E-state index contributed by atoms with van der Waals surface area (Å²) in [4.78, 5) is 25.5. The molecule has 0 unspecified atom stereocenters. The van der Waals surface area contributed by atoms with Crippen molar-refractivity contribution < 1.29 is 34.0 Å². The highest BCUT2D eigenvalue weighted by molar-refractivity contribution is 6.19. The number of aromatic hydroxyl groups is 2. The number of ketones is 2.